The first-order valence-corrected chi connectivity index (χ1v) is 8.61. The minimum atomic E-state index is -0.303. The molecule has 2 amide bonds. The lowest BCUT2D eigenvalue weighted by molar-refractivity contribution is -0.149. The van der Waals surface area contributed by atoms with Gasteiger partial charge in [-0.2, -0.15) is 0 Å². The molecular formula is C17H30N2O2. The van der Waals surface area contributed by atoms with Crippen LogP contribution in [-0.2, 0) is 9.59 Å². The molecule has 2 aliphatic rings. The van der Waals surface area contributed by atoms with Crippen LogP contribution in [0.1, 0.15) is 65.7 Å². The molecular weight excluding hydrogens is 264 g/mol. The largest absolute Gasteiger partial charge is 0.342 e. The average Bonchev–Trinajstić information content (AvgIpc) is 3.25. The van der Waals surface area contributed by atoms with Crippen LogP contribution in [0.2, 0.25) is 0 Å². The van der Waals surface area contributed by atoms with Crippen LogP contribution in [0, 0.1) is 11.8 Å². The molecule has 2 fully saturated rings. The summed E-state index contributed by atoms with van der Waals surface area (Å²) in [6.07, 6.45) is 8.10. The molecule has 0 bridgehead atoms. The van der Waals surface area contributed by atoms with Crippen LogP contribution in [-0.4, -0.2) is 35.3 Å². The second-order valence-electron chi connectivity index (χ2n) is 7.13. The maximum atomic E-state index is 12.5. The lowest BCUT2D eigenvalue weighted by Gasteiger charge is -2.37. The molecule has 0 aromatic rings. The molecule has 4 heteroatoms. The molecule has 2 unspecified atom stereocenters. The summed E-state index contributed by atoms with van der Waals surface area (Å²) in [5, 5.41) is 2.90. The lowest BCUT2D eigenvalue weighted by Crippen LogP contribution is -2.63. The fourth-order valence-electron chi connectivity index (χ4n) is 3.09. The van der Waals surface area contributed by atoms with Crippen molar-refractivity contribution >= 4 is 11.8 Å². The van der Waals surface area contributed by atoms with Crippen molar-refractivity contribution in [3.63, 3.8) is 0 Å². The van der Waals surface area contributed by atoms with Crippen LogP contribution in [0.3, 0.4) is 0 Å². The summed E-state index contributed by atoms with van der Waals surface area (Å²) in [4.78, 5) is 26.3. The van der Waals surface area contributed by atoms with Crippen molar-refractivity contribution in [3.8, 4) is 0 Å². The third kappa shape index (κ3) is 4.45. The Hall–Kier alpha value is -1.06. The van der Waals surface area contributed by atoms with Gasteiger partial charge in [-0.15, -0.1) is 0 Å². The second kappa shape index (κ2) is 7.28. The molecule has 0 radical (unpaired) electrons. The average molecular weight is 294 g/mol. The highest BCUT2D eigenvalue weighted by Crippen LogP contribution is 2.35. The van der Waals surface area contributed by atoms with Crippen molar-refractivity contribution < 1.29 is 9.59 Å². The summed E-state index contributed by atoms with van der Waals surface area (Å²) >= 11 is 0. The third-order valence-corrected chi connectivity index (χ3v) is 4.72. The van der Waals surface area contributed by atoms with Crippen molar-refractivity contribution in [2.75, 3.05) is 6.54 Å². The highest BCUT2D eigenvalue weighted by Gasteiger charge is 2.45. The molecule has 21 heavy (non-hydrogen) atoms. The first-order chi connectivity index (χ1) is 10.0. The number of piperazine rings is 1. The van der Waals surface area contributed by atoms with Gasteiger partial charge in [0.1, 0.15) is 12.1 Å². The summed E-state index contributed by atoms with van der Waals surface area (Å²) in [6, 6.07) is -0.544. The van der Waals surface area contributed by atoms with Crippen molar-refractivity contribution in [1.82, 2.24) is 10.2 Å². The van der Waals surface area contributed by atoms with E-state index in [1.807, 2.05) is 11.8 Å². The van der Waals surface area contributed by atoms with Gasteiger partial charge in [-0.1, -0.05) is 39.5 Å². The molecule has 1 aliphatic heterocycles. The topological polar surface area (TPSA) is 49.4 Å². The number of hydrogen-bond acceptors (Lipinski definition) is 2. The van der Waals surface area contributed by atoms with Crippen molar-refractivity contribution in [2.24, 2.45) is 11.8 Å². The molecule has 1 saturated heterocycles. The Morgan fingerprint density at radius 2 is 1.81 bits per heavy atom. The Labute approximate surface area is 128 Å². The van der Waals surface area contributed by atoms with E-state index in [-0.39, 0.29) is 23.9 Å². The standard InChI is InChI=1S/C17H30N2O2/c1-12(2)8-6-4-5-7-11-19-13(3)16(20)18-15(17(19)21)14-9-10-14/h12-15H,4-11H2,1-3H3,(H,18,20). The summed E-state index contributed by atoms with van der Waals surface area (Å²) in [5.74, 6) is 1.33. The predicted octanol–water partition coefficient (Wildman–Crippen LogP) is 2.72. The van der Waals surface area contributed by atoms with Crippen LogP contribution < -0.4 is 5.32 Å². The van der Waals surface area contributed by atoms with Crippen molar-refractivity contribution in [1.29, 1.82) is 0 Å². The van der Waals surface area contributed by atoms with Gasteiger partial charge in [0.05, 0.1) is 0 Å². The van der Waals surface area contributed by atoms with Gasteiger partial charge in [0, 0.05) is 6.54 Å². The quantitative estimate of drug-likeness (QED) is 0.700. The number of unbranched alkanes of at least 4 members (excludes halogenated alkanes) is 3. The summed E-state index contributed by atoms with van der Waals surface area (Å²) in [6.45, 7) is 7.09. The van der Waals surface area contributed by atoms with Crippen LogP contribution in [0.25, 0.3) is 0 Å². The Bertz CT molecular complexity index is 377. The molecule has 4 nitrogen and oxygen atoms in total. The Morgan fingerprint density at radius 3 is 2.43 bits per heavy atom. The van der Waals surface area contributed by atoms with Gasteiger partial charge in [0.25, 0.3) is 0 Å². The lowest BCUT2D eigenvalue weighted by atomic mass is 10.0. The van der Waals surface area contributed by atoms with E-state index in [1.54, 1.807) is 0 Å². The van der Waals surface area contributed by atoms with Crippen molar-refractivity contribution in [2.45, 2.75) is 77.8 Å². The van der Waals surface area contributed by atoms with Gasteiger partial charge in [-0.3, -0.25) is 9.59 Å². The minimum Gasteiger partial charge on any atom is -0.342 e. The zero-order valence-corrected chi connectivity index (χ0v) is 13.7. The van der Waals surface area contributed by atoms with Crippen LogP contribution in [0.4, 0.5) is 0 Å². The number of nitrogens with zero attached hydrogens (tertiary/aromatic N) is 1. The molecule has 2 rings (SSSR count). The first kappa shape index (κ1) is 16.3. The number of carbonyl (C=O) groups excluding carboxylic acids is 2. The van der Waals surface area contributed by atoms with E-state index in [2.05, 4.69) is 19.2 Å². The molecule has 0 aromatic heterocycles. The monoisotopic (exact) mass is 294 g/mol. The summed E-state index contributed by atoms with van der Waals surface area (Å²) in [7, 11) is 0. The van der Waals surface area contributed by atoms with E-state index in [0.29, 0.717) is 5.92 Å². The fraction of sp³-hybridized carbons (Fsp3) is 0.882. The molecule has 1 N–H and O–H groups in total. The van der Waals surface area contributed by atoms with E-state index >= 15 is 0 Å². The minimum absolute atomic E-state index is 0.0197. The van der Waals surface area contributed by atoms with Gasteiger partial charge in [-0.25, -0.2) is 0 Å². The number of carbonyl (C=O) groups is 2. The zero-order valence-electron chi connectivity index (χ0n) is 13.7. The van der Waals surface area contributed by atoms with E-state index in [9.17, 15) is 9.59 Å². The van der Waals surface area contributed by atoms with E-state index in [1.165, 1.54) is 19.3 Å². The number of nitrogens with one attached hydrogen (secondary N) is 1. The Kier molecular flexibility index (Phi) is 5.65. The van der Waals surface area contributed by atoms with Crippen molar-refractivity contribution in [3.05, 3.63) is 0 Å². The smallest absolute Gasteiger partial charge is 0.246 e. The van der Waals surface area contributed by atoms with Crippen LogP contribution >= 0.6 is 0 Å². The maximum Gasteiger partial charge on any atom is 0.246 e. The summed E-state index contributed by atoms with van der Waals surface area (Å²) in [5.41, 5.74) is 0. The van der Waals surface area contributed by atoms with E-state index in [4.69, 9.17) is 0 Å². The van der Waals surface area contributed by atoms with Crippen LogP contribution in [0.15, 0.2) is 0 Å². The molecule has 1 saturated carbocycles. The highest BCUT2D eigenvalue weighted by molar-refractivity contribution is 5.97. The fourth-order valence-corrected chi connectivity index (χ4v) is 3.09. The normalized spacial score (nSPS) is 26.4. The van der Waals surface area contributed by atoms with E-state index in [0.717, 1.165) is 38.1 Å². The second-order valence-corrected chi connectivity index (χ2v) is 7.13. The molecule has 1 heterocycles. The van der Waals surface area contributed by atoms with Crippen LogP contribution in [0.5, 0.6) is 0 Å². The predicted molar refractivity (Wildman–Crippen MR) is 83.8 cm³/mol. The molecule has 2 atom stereocenters. The van der Waals surface area contributed by atoms with Gasteiger partial charge in [0.2, 0.25) is 11.8 Å². The SMILES string of the molecule is CC(C)CCCCCCN1C(=O)C(C2CC2)NC(=O)C1C. The number of rotatable bonds is 8. The maximum absolute atomic E-state index is 12.5. The molecule has 1 aliphatic carbocycles. The van der Waals surface area contributed by atoms with Gasteiger partial charge in [0.15, 0.2) is 0 Å². The van der Waals surface area contributed by atoms with E-state index < -0.39 is 0 Å². The number of hydrogen-bond donors (Lipinski definition) is 1. The Balaban J connectivity index is 1.74. The number of amides is 2. The molecule has 120 valence electrons. The Morgan fingerprint density at radius 1 is 1.14 bits per heavy atom. The van der Waals surface area contributed by atoms with Gasteiger partial charge >= 0.3 is 0 Å². The highest BCUT2D eigenvalue weighted by atomic mass is 16.2. The third-order valence-electron chi connectivity index (χ3n) is 4.72. The first-order valence-electron chi connectivity index (χ1n) is 8.61. The molecule has 0 aromatic carbocycles. The van der Waals surface area contributed by atoms with Gasteiger partial charge < -0.3 is 10.2 Å². The van der Waals surface area contributed by atoms with Gasteiger partial charge in [-0.05, 0) is 38.0 Å². The molecule has 0 spiro atoms. The summed E-state index contributed by atoms with van der Waals surface area (Å²) < 4.78 is 0. The zero-order chi connectivity index (χ0) is 15.4.